The van der Waals surface area contributed by atoms with Crippen molar-refractivity contribution in [1.29, 1.82) is 0 Å². The minimum atomic E-state index is -2.96. The summed E-state index contributed by atoms with van der Waals surface area (Å²) in [5.41, 5.74) is 2.50. The van der Waals surface area contributed by atoms with E-state index >= 15 is 0 Å². The van der Waals surface area contributed by atoms with E-state index in [1.807, 2.05) is 17.0 Å². The number of nitrogens with zero attached hydrogens (tertiary/aromatic N) is 7. The molecule has 2 aliphatic rings. The highest BCUT2D eigenvalue weighted by molar-refractivity contribution is 5.84. The van der Waals surface area contributed by atoms with Crippen LogP contribution in [0.4, 0.5) is 19.5 Å². The summed E-state index contributed by atoms with van der Waals surface area (Å²) in [4.78, 5) is 40.2. The van der Waals surface area contributed by atoms with E-state index in [4.69, 9.17) is 0 Å². The molecule has 41 heavy (non-hydrogen) atoms. The summed E-state index contributed by atoms with van der Waals surface area (Å²) in [5.74, 6) is 0.621. The van der Waals surface area contributed by atoms with Crippen LogP contribution >= 0.6 is 0 Å². The molecule has 0 spiro atoms. The number of piperazine rings is 1. The van der Waals surface area contributed by atoms with Crippen LogP contribution in [0.2, 0.25) is 0 Å². The van der Waals surface area contributed by atoms with Crippen LogP contribution in [-0.2, 0) is 13.6 Å². The van der Waals surface area contributed by atoms with Crippen molar-refractivity contribution >= 4 is 22.9 Å². The second kappa shape index (κ2) is 10.8. The minimum Gasteiger partial charge on any atom is -0.434 e. The quantitative estimate of drug-likeness (QED) is 0.350. The number of aliphatic hydroxyl groups is 1. The fraction of sp³-hybridized carbons (Fsp3) is 0.357. The maximum absolute atomic E-state index is 13.0. The zero-order valence-corrected chi connectivity index (χ0v) is 22.4. The van der Waals surface area contributed by atoms with Crippen LogP contribution in [0.15, 0.2) is 59.7 Å². The fourth-order valence-corrected chi connectivity index (χ4v) is 5.65. The maximum atomic E-state index is 13.0. The van der Waals surface area contributed by atoms with Crippen molar-refractivity contribution in [3.8, 4) is 16.9 Å². The molecule has 2 fully saturated rings. The summed E-state index contributed by atoms with van der Waals surface area (Å²) >= 11 is 0. The summed E-state index contributed by atoms with van der Waals surface area (Å²) in [6, 6.07) is 11.9. The smallest absolute Gasteiger partial charge is 0.387 e. The largest absolute Gasteiger partial charge is 0.434 e. The van der Waals surface area contributed by atoms with Crippen molar-refractivity contribution in [2.45, 2.75) is 19.2 Å². The van der Waals surface area contributed by atoms with Gasteiger partial charge in [0.05, 0.1) is 30.1 Å². The Balaban J connectivity index is 1.25. The van der Waals surface area contributed by atoms with E-state index in [2.05, 4.69) is 19.6 Å². The van der Waals surface area contributed by atoms with Gasteiger partial charge >= 0.3 is 12.6 Å². The number of benzene rings is 2. The third kappa shape index (κ3) is 4.97. The van der Waals surface area contributed by atoms with Gasteiger partial charge in [-0.2, -0.15) is 8.78 Å². The lowest BCUT2D eigenvalue weighted by Gasteiger charge is -2.36. The fourth-order valence-electron chi connectivity index (χ4n) is 5.65. The van der Waals surface area contributed by atoms with Crippen LogP contribution in [0.3, 0.4) is 0 Å². The van der Waals surface area contributed by atoms with Crippen molar-refractivity contribution in [3.63, 3.8) is 0 Å². The Morgan fingerprint density at radius 2 is 1.83 bits per heavy atom. The van der Waals surface area contributed by atoms with E-state index in [1.54, 1.807) is 53.3 Å². The van der Waals surface area contributed by atoms with Gasteiger partial charge in [0, 0.05) is 63.3 Å². The number of para-hydroxylation sites is 1. The normalized spacial score (nSPS) is 17.1. The highest BCUT2D eigenvalue weighted by atomic mass is 19.3. The Hall–Kier alpha value is -4.52. The first-order valence-electron chi connectivity index (χ1n) is 13.3. The number of urea groups is 1. The lowest BCUT2D eigenvalue weighted by Crippen LogP contribution is -2.52. The number of hydrogen-bond donors (Lipinski definition) is 1. The Morgan fingerprint density at radius 1 is 1.05 bits per heavy atom. The number of anilines is 1. The lowest BCUT2D eigenvalue weighted by molar-refractivity contribution is -0.0505. The number of amides is 2. The summed E-state index contributed by atoms with van der Waals surface area (Å²) in [7, 11) is 1.64. The van der Waals surface area contributed by atoms with Crippen LogP contribution < -0.4 is 15.2 Å². The summed E-state index contributed by atoms with van der Waals surface area (Å²) in [6.45, 7) is -0.211. The number of alkyl halides is 2. The van der Waals surface area contributed by atoms with Crippen molar-refractivity contribution in [2.75, 3.05) is 44.2 Å². The number of halogens is 2. The van der Waals surface area contributed by atoms with Crippen LogP contribution in [0.25, 0.3) is 22.0 Å². The number of aromatic nitrogens is 4. The molecule has 2 aliphatic heterocycles. The van der Waals surface area contributed by atoms with Crippen LogP contribution in [-0.4, -0.2) is 92.3 Å². The monoisotopic (exact) mass is 565 g/mol. The van der Waals surface area contributed by atoms with Gasteiger partial charge in [-0.15, -0.1) is 0 Å². The van der Waals surface area contributed by atoms with Crippen LogP contribution in [0.5, 0.6) is 5.75 Å². The van der Waals surface area contributed by atoms with Gasteiger partial charge in [0.1, 0.15) is 5.75 Å². The van der Waals surface area contributed by atoms with Gasteiger partial charge in [0.2, 0.25) is 5.95 Å². The molecule has 0 bridgehead atoms. The van der Waals surface area contributed by atoms with E-state index in [1.165, 1.54) is 10.7 Å². The standard InChI is InChI=1S/C28H29F2N7O4/c1-33-25(39)22-7-6-18(12-23(22)37(33)15-19-4-2-3-5-24(19)41-26(29)30)20-13-31-27(32-14-20)34-8-9-36-21(16-34)17-35(10-11-38)28(36)40/h2-7,12-14,21,26,38H,8-11,15-17H2,1H3/t21-/m1/s1. The van der Waals surface area contributed by atoms with Gasteiger partial charge in [-0.3, -0.25) is 14.2 Å². The SMILES string of the molecule is Cn1c(=O)c2ccc(-c3cnc(N4CCN5C(=O)N(CCO)C[C@H]5C4)nc3)cc2n1Cc1ccccc1OC(F)F. The molecule has 2 aromatic heterocycles. The van der Waals surface area contributed by atoms with Gasteiger partial charge < -0.3 is 24.5 Å². The molecule has 6 rings (SSSR count). The van der Waals surface area contributed by atoms with Gasteiger partial charge in [-0.1, -0.05) is 24.3 Å². The van der Waals surface area contributed by atoms with E-state index in [0.717, 1.165) is 11.1 Å². The lowest BCUT2D eigenvalue weighted by atomic mass is 10.1. The summed E-state index contributed by atoms with van der Waals surface area (Å²) < 4.78 is 33.8. The number of β-amino-alcohol motifs (C(OH)–C–C–N with tert-alkyl or cyclic N) is 1. The predicted molar refractivity (Wildman–Crippen MR) is 147 cm³/mol. The Morgan fingerprint density at radius 3 is 2.59 bits per heavy atom. The minimum absolute atomic E-state index is 0.0134. The average Bonchev–Trinajstić information content (AvgIpc) is 3.41. The Bertz CT molecular complexity index is 1640. The molecule has 11 nitrogen and oxygen atoms in total. The van der Waals surface area contributed by atoms with E-state index in [9.17, 15) is 23.5 Å². The zero-order chi connectivity index (χ0) is 28.7. The summed E-state index contributed by atoms with van der Waals surface area (Å²) in [5, 5.41) is 9.73. The zero-order valence-electron chi connectivity index (χ0n) is 22.4. The predicted octanol–water partition coefficient (Wildman–Crippen LogP) is 2.37. The van der Waals surface area contributed by atoms with Crippen LogP contribution in [0, 0.1) is 0 Å². The number of carbonyl (C=O) groups is 1. The van der Waals surface area contributed by atoms with Crippen molar-refractivity contribution in [1.82, 2.24) is 29.1 Å². The molecule has 1 atom stereocenters. The van der Waals surface area contributed by atoms with E-state index < -0.39 is 6.61 Å². The number of fused-ring (bicyclic) bond motifs is 2. The first-order valence-corrected chi connectivity index (χ1v) is 13.3. The molecule has 4 aromatic rings. The molecule has 0 saturated carbocycles. The number of ether oxygens (including phenoxy) is 1. The van der Waals surface area contributed by atoms with Gasteiger partial charge in [-0.05, 0) is 23.8 Å². The molecule has 0 radical (unpaired) electrons. The third-order valence-electron chi connectivity index (χ3n) is 7.73. The Kier molecular flexibility index (Phi) is 7.03. The molecular weight excluding hydrogens is 536 g/mol. The van der Waals surface area contributed by atoms with Gasteiger partial charge in [0.15, 0.2) is 0 Å². The van der Waals surface area contributed by atoms with Gasteiger partial charge in [-0.25, -0.2) is 14.8 Å². The molecule has 1 N–H and O–H groups in total. The Labute approximate surface area is 233 Å². The summed E-state index contributed by atoms with van der Waals surface area (Å²) in [6.07, 6.45) is 3.45. The number of carbonyl (C=O) groups excluding carboxylic acids is 1. The molecule has 2 saturated heterocycles. The molecule has 2 aromatic carbocycles. The molecule has 0 aliphatic carbocycles. The first kappa shape index (κ1) is 26.7. The number of hydrogen-bond acceptors (Lipinski definition) is 7. The van der Waals surface area contributed by atoms with E-state index in [0.29, 0.717) is 55.1 Å². The molecule has 4 heterocycles. The molecule has 2 amide bonds. The van der Waals surface area contributed by atoms with Crippen molar-refractivity contribution < 1.29 is 23.4 Å². The molecule has 0 unspecified atom stereocenters. The topological polar surface area (TPSA) is 109 Å². The molecule has 13 heteroatoms. The third-order valence-corrected chi connectivity index (χ3v) is 7.73. The second-order valence-electron chi connectivity index (χ2n) is 10.1. The van der Waals surface area contributed by atoms with Crippen LogP contribution in [0.1, 0.15) is 5.56 Å². The molecule has 214 valence electrons. The maximum Gasteiger partial charge on any atom is 0.387 e. The van der Waals surface area contributed by atoms with Gasteiger partial charge in [0.25, 0.3) is 5.56 Å². The average molecular weight is 566 g/mol. The number of aliphatic hydroxyl groups excluding tert-OH is 1. The highest BCUT2D eigenvalue weighted by Crippen LogP contribution is 2.27. The highest BCUT2D eigenvalue weighted by Gasteiger charge is 2.40. The number of rotatable bonds is 8. The van der Waals surface area contributed by atoms with E-state index in [-0.39, 0.29) is 36.5 Å². The second-order valence-corrected chi connectivity index (χ2v) is 10.1. The van der Waals surface area contributed by atoms with Crippen molar-refractivity contribution in [3.05, 3.63) is 70.8 Å². The molecular formula is C28H29F2N7O4. The first-order chi connectivity index (χ1) is 19.8. The van der Waals surface area contributed by atoms with Crippen molar-refractivity contribution in [2.24, 2.45) is 7.05 Å².